The van der Waals surface area contributed by atoms with Gasteiger partial charge >= 0.3 is 0 Å². The van der Waals surface area contributed by atoms with E-state index in [2.05, 4.69) is 31.9 Å². The zero-order valence-electron chi connectivity index (χ0n) is 11.8. The van der Waals surface area contributed by atoms with E-state index in [1.807, 2.05) is 0 Å². The van der Waals surface area contributed by atoms with Crippen molar-refractivity contribution in [3.63, 3.8) is 0 Å². The van der Waals surface area contributed by atoms with Crippen LogP contribution in [0.15, 0.2) is 24.3 Å². The zero-order valence-corrected chi connectivity index (χ0v) is 14.9. The number of anilines is 1. The van der Waals surface area contributed by atoms with Crippen LogP contribution in [0.3, 0.4) is 0 Å². The summed E-state index contributed by atoms with van der Waals surface area (Å²) in [7, 11) is 0. The fourth-order valence-corrected chi connectivity index (χ4v) is 6.20. The number of alkyl halides is 2. The molecule has 23 heavy (non-hydrogen) atoms. The van der Waals surface area contributed by atoms with Gasteiger partial charge in [0.2, 0.25) is 11.8 Å². The number of carbonyl (C=O) groups excluding carboxylic acids is 2. The second kappa shape index (κ2) is 5.11. The van der Waals surface area contributed by atoms with Crippen molar-refractivity contribution in [2.75, 3.05) is 4.90 Å². The summed E-state index contributed by atoms with van der Waals surface area (Å²) in [6.45, 7) is 0. The average molecular weight is 444 g/mol. The Labute approximate surface area is 148 Å². The first-order chi connectivity index (χ1) is 10.9. The van der Waals surface area contributed by atoms with Crippen molar-refractivity contribution in [1.29, 1.82) is 0 Å². The van der Waals surface area contributed by atoms with Gasteiger partial charge in [-0.3, -0.25) is 24.6 Å². The van der Waals surface area contributed by atoms with E-state index in [0.29, 0.717) is 5.69 Å². The third-order valence-electron chi connectivity index (χ3n) is 5.31. The van der Waals surface area contributed by atoms with Gasteiger partial charge in [0.05, 0.1) is 22.4 Å². The quantitative estimate of drug-likeness (QED) is 0.304. The summed E-state index contributed by atoms with van der Waals surface area (Å²) in [5, 5.41) is 10.7. The molecule has 0 spiro atoms. The van der Waals surface area contributed by atoms with Crippen molar-refractivity contribution in [1.82, 2.24) is 0 Å². The predicted octanol–water partition coefficient (Wildman–Crippen LogP) is 2.88. The van der Waals surface area contributed by atoms with Crippen molar-refractivity contribution in [2.24, 2.45) is 23.7 Å². The maximum Gasteiger partial charge on any atom is 0.269 e. The van der Waals surface area contributed by atoms with Gasteiger partial charge in [0, 0.05) is 21.8 Å². The first kappa shape index (κ1) is 15.3. The minimum atomic E-state index is -0.503. The van der Waals surface area contributed by atoms with E-state index in [1.165, 1.54) is 29.2 Å². The van der Waals surface area contributed by atoms with Gasteiger partial charge in [0.15, 0.2) is 0 Å². The van der Waals surface area contributed by atoms with Crippen molar-refractivity contribution in [3.8, 4) is 0 Å². The fourth-order valence-electron chi connectivity index (χ4n) is 4.33. The second-order valence-electron chi connectivity index (χ2n) is 6.29. The lowest BCUT2D eigenvalue weighted by atomic mass is 9.81. The molecule has 2 saturated carbocycles. The highest BCUT2D eigenvalue weighted by Crippen LogP contribution is 2.60. The highest BCUT2D eigenvalue weighted by atomic mass is 79.9. The summed E-state index contributed by atoms with van der Waals surface area (Å²) in [6, 6.07) is 5.57. The molecule has 120 valence electrons. The predicted molar refractivity (Wildman–Crippen MR) is 89.6 cm³/mol. The van der Waals surface area contributed by atoms with Crippen LogP contribution < -0.4 is 4.90 Å². The topological polar surface area (TPSA) is 80.5 Å². The lowest BCUT2D eigenvalue weighted by Crippen LogP contribution is -2.37. The van der Waals surface area contributed by atoms with Crippen LogP contribution in [0.5, 0.6) is 0 Å². The van der Waals surface area contributed by atoms with Gasteiger partial charge in [-0.15, -0.1) is 0 Å². The van der Waals surface area contributed by atoms with E-state index in [9.17, 15) is 19.7 Å². The number of nitro groups is 1. The number of hydrogen-bond donors (Lipinski definition) is 0. The molecule has 6 nitrogen and oxygen atoms in total. The highest BCUT2D eigenvalue weighted by Gasteiger charge is 2.66. The van der Waals surface area contributed by atoms with E-state index < -0.39 is 4.92 Å². The summed E-state index contributed by atoms with van der Waals surface area (Å²) < 4.78 is 0. The normalized spacial score (nSPS) is 38.3. The molecule has 0 radical (unpaired) electrons. The number of imide groups is 1. The molecule has 2 aliphatic carbocycles. The molecule has 0 aromatic heterocycles. The monoisotopic (exact) mass is 442 g/mol. The second-order valence-corrected chi connectivity index (χ2v) is 8.40. The Kier molecular flexibility index (Phi) is 3.39. The van der Waals surface area contributed by atoms with E-state index >= 15 is 0 Å². The summed E-state index contributed by atoms with van der Waals surface area (Å²) in [5.74, 6) is -0.583. The number of nitrogens with zero attached hydrogens (tertiary/aromatic N) is 2. The van der Waals surface area contributed by atoms with Crippen LogP contribution in [0.25, 0.3) is 0 Å². The average Bonchev–Trinajstić information content (AvgIpc) is 3.12. The first-order valence-corrected chi connectivity index (χ1v) is 9.15. The molecule has 8 heteroatoms. The molecule has 0 N–H and O–H groups in total. The Morgan fingerprint density at radius 1 is 1.00 bits per heavy atom. The van der Waals surface area contributed by atoms with Gasteiger partial charge in [0.25, 0.3) is 5.69 Å². The van der Waals surface area contributed by atoms with E-state index in [-0.39, 0.29) is 50.8 Å². The summed E-state index contributed by atoms with van der Waals surface area (Å²) >= 11 is 7.28. The smallest absolute Gasteiger partial charge is 0.269 e. The number of rotatable bonds is 2. The van der Waals surface area contributed by atoms with Gasteiger partial charge < -0.3 is 0 Å². The molecule has 3 aliphatic rings. The molecule has 4 rings (SSSR count). The van der Waals surface area contributed by atoms with Gasteiger partial charge in [-0.2, -0.15) is 0 Å². The zero-order chi connectivity index (χ0) is 16.5. The lowest BCUT2D eigenvalue weighted by molar-refractivity contribution is -0.384. The van der Waals surface area contributed by atoms with Crippen LogP contribution in [0.1, 0.15) is 6.42 Å². The Bertz CT molecular complexity index is 691. The number of benzene rings is 1. The molecule has 1 heterocycles. The number of carbonyl (C=O) groups is 2. The number of amides is 2. The fraction of sp³-hybridized carbons (Fsp3) is 0.467. The Balaban J connectivity index is 1.68. The first-order valence-electron chi connectivity index (χ1n) is 7.32. The number of nitro benzene ring substituents is 1. The van der Waals surface area contributed by atoms with Crippen molar-refractivity contribution < 1.29 is 14.5 Å². The molecular weight excluding hydrogens is 432 g/mol. The van der Waals surface area contributed by atoms with Gasteiger partial charge in [-0.25, -0.2) is 0 Å². The molecule has 1 aromatic rings. The van der Waals surface area contributed by atoms with Crippen LogP contribution in [0.2, 0.25) is 0 Å². The van der Waals surface area contributed by atoms with E-state index in [4.69, 9.17) is 0 Å². The van der Waals surface area contributed by atoms with Crippen molar-refractivity contribution in [2.45, 2.75) is 16.1 Å². The van der Waals surface area contributed by atoms with Gasteiger partial charge in [-0.1, -0.05) is 31.9 Å². The van der Waals surface area contributed by atoms with Gasteiger partial charge in [-0.05, 0) is 30.4 Å². The third-order valence-corrected chi connectivity index (χ3v) is 8.51. The maximum absolute atomic E-state index is 12.8. The summed E-state index contributed by atoms with van der Waals surface area (Å²) in [6.07, 6.45) is 0.882. The van der Waals surface area contributed by atoms with E-state index in [1.54, 1.807) is 0 Å². The number of halogens is 2. The van der Waals surface area contributed by atoms with E-state index in [0.717, 1.165) is 6.42 Å². The van der Waals surface area contributed by atoms with Crippen molar-refractivity contribution in [3.05, 3.63) is 34.4 Å². The molecule has 0 unspecified atom stereocenters. The Morgan fingerprint density at radius 3 is 1.91 bits per heavy atom. The number of non-ortho nitro benzene ring substituents is 1. The van der Waals surface area contributed by atoms with Crippen LogP contribution in [0.4, 0.5) is 11.4 Å². The standard InChI is InChI=1S/C15H12Br2N2O4/c16-12-8-5-9(13(12)17)11-10(8)14(20)18(15(11)21)6-1-3-7(4-2-6)19(22)23/h1-4,8-13H,5H2/t8-,9-,10-,11-,12-,13+/m1/s1. The summed E-state index contributed by atoms with van der Waals surface area (Å²) in [5.41, 5.74) is 0.353. The largest absolute Gasteiger partial charge is 0.274 e. The van der Waals surface area contributed by atoms with Crippen LogP contribution in [-0.4, -0.2) is 26.4 Å². The Hall–Kier alpha value is -1.28. The van der Waals surface area contributed by atoms with Crippen LogP contribution in [-0.2, 0) is 9.59 Å². The molecule has 1 aliphatic heterocycles. The van der Waals surface area contributed by atoms with Gasteiger partial charge in [0.1, 0.15) is 0 Å². The molecule has 6 atom stereocenters. The van der Waals surface area contributed by atoms with Crippen LogP contribution in [0, 0.1) is 33.8 Å². The SMILES string of the molecule is O=C1[C@@H]2[C@H]3C[C@@H]([C@@H](Br)[C@H]3Br)[C@H]2C(=O)N1c1ccc([N+](=O)[O-])cc1. The summed E-state index contributed by atoms with van der Waals surface area (Å²) in [4.78, 5) is 37.4. The minimum Gasteiger partial charge on any atom is -0.274 e. The maximum atomic E-state index is 12.8. The Morgan fingerprint density at radius 2 is 1.48 bits per heavy atom. The highest BCUT2D eigenvalue weighted by molar-refractivity contribution is 9.12. The number of fused-ring (bicyclic) bond motifs is 5. The van der Waals surface area contributed by atoms with Crippen LogP contribution >= 0.6 is 31.9 Å². The molecule has 2 bridgehead atoms. The molecular formula is C15H12Br2N2O4. The van der Waals surface area contributed by atoms with Crippen molar-refractivity contribution >= 4 is 55.0 Å². The number of hydrogen-bond acceptors (Lipinski definition) is 4. The third kappa shape index (κ3) is 1.97. The molecule has 1 saturated heterocycles. The molecule has 2 amide bonds. The minimum absolute atomic E-state index is 0.0610. The lowest BCUT2D eigenvalue weighted by Gasteiger charge is -2.28. The molecule has 1 aromatic carbocycles. The molecule has 3 fully saturated rings.